The monoisotopic (exact) mass is 226 g/mol. The lowest BCUT2D eigenvalue weighted by Crippen LogP contribution is -1.98. The third kappa shape index (κ3) is 2.70. The maximum atomic E-state index is 8.51. The number of aryl methyl sites for hydroxylation is 2. The Kier molecular flexibility index (Phi) is 3.51. The lowest BCUT2D eigenvalue weighted by Gasteiger charge is -2.00. The molecule has 0 spiro atoms. The first-order chi connectivity index (χ1) is 8.31. The topological polar surface area (TPSA) is 54.5 Å². The van der Waals surface area contributed by atoms with Gasteiger partial charge < -0.3 is 4.57 Å². The van der Waals surface area contributed by atoms with Crippen LogP contribution in [0.25, 0.3) is 11.3 Å². The van der Waals surface area contributed by atoms with Gasteiger partial charge in [-0.1, -0.05) is 0 Å². The molecule has 0 aliphatic rings. The smallest absolute Gasteiger partial charge is 0.106 e. The Morgan fingerprint density at radius 3 is 3.06 bits per heavy atom. The lowest BCUT2D eigenvalue weighted by atomic mass is 10.2. The summed E-state index contributed by atoms with van der Waals surface area (Å²) in [6, 6.07) is 6.05. The quantitative estimate of drug-likeness (QED) is 0.753. The average Bonchev–Trinajstić information content (AvgIpc) is 2.73. The second-order valence-corrected chi connectivity index (χ2v) is 3.87. The van der Waals surface area contributed by atoms with Crippen LogP contribution in [0.2, 0.25) is 0 Å². The van der Waals surface area contributed by atoms with Crippen LogP contribution in [0, 0.1) is 18.3 Å². The van der Waals surface area contributed by atoms with E-state index in [9.17, 15) is 0 Å². The van der Waals surface area contributed by atoms with E-state index in [1.54, 1.807) is 12.4 Å². The summed E-state index contributed by atoms with van der Waals surface area (Å²) in [5.41, 5.74) is 1.96. The van der Waals surface area contributed by atoms with Gasteiger partial charge in [-0.3, -0.25) is 4.98 Å². The zero-order valence-electron chi connectivity index (χ0n) is 9.80. The molecule has 0 aliphatic heterocycles. The van der Waals surface area contributed by atoms with E-state index in [0.29, 0.717) is 6.42 Å². The molecule has 0 N–H and O–H groups in total. The molecule has 4 heteroatoms. The van der Waals surface area contributed by atoms with Crippen LogP contribution >= 0.6 is 0 Å². The molecule has 0 aliphatic carbocycles. The Morgan fingerprint density at radius 1 is 1.47 bits per heavy atom. The third-order valence-corrected chi connectivity index (χ3v) is 2.62. The second-order valence-electron chi connectivity index (χ2n) is 3.87. The Morgan fingerprint density at radius 2 is 2.35 bits per heavy atom. The van der Waals surface area contributed by atoms with E-state index in [0.717, 1.165) is 30.0 Å². The molecule has 86 valence electrons. The average molecular weight is 226 g/mol. The van der Waals surface area contributed by atoms with Crippen LogP contribution in [0.1, 0.15) is 18.7 Å². The lowest BCUT2D eigenvalue weighted by molar-refractivity contribution is 0.635. The predicted octanol–water partition coefficient (Wildman–Crippen LogP) is 2.56. The molecule has 17 heavy (non-hydrogen) atoms. The van der Waals surface area contributed by atoms with Crippen LogP contribution in [-0.4, -0.2) is 14.5 Å². The number of hydrogen-bond acceptors (Lipinski definition) is 3. The summed E-state index contributed by atoms with van der Waals surface area (Å²) >= 11 is 0. The van der Waals surface area contributed by atoms with Crippen molar-refractivity contribution in [3.63, 3.8) is 0 Å². The molecule has 2 aromatic rings. The van der Waals surface area contributed by atoms with Gasteiger partial charge in [0.1, 0.15) is 5.82 Å². The molecule has 0 bridgehead atoms. The molecule has 0 aromatic carbocycles. The van der Waals surface area contributed by atoms with Gasteiger partial charge in [-0.05, 0) is 25.5 Å². The van der Waals surface area contributed by atoms with Crippen molar-refractivity contribution in [2.24, 2.45) is 0 Å². The molecule has 2 rings (SSSR count). The summed E-state index contributed by atoms with van der Waals surface area (Å²) < 4.78 is 2.08. The van der Waals surface area contributed by atoms with Gasteiger partial charge in [0.25, 0.3) is 0 Å². The highest BCUT2D eigenvalue weighted by Gasteiger charge is 2.05. The highest BCUT2D eigenvalue weighted by molar-refractivity contribution is 5.56. The fraction of sp³-hybridized carbons (Fsp3) is 0.308. The summed E-state index contributed by atoms with van der Waals surface area (Å²) in [6.07, 6.45) is 7.02. The Bertz CT molecular complexity index is 522. The number of aromatic nitrogens is 3. The van der Waals surface area contributed by atoms with Crippen LogP contribution in [0.3, 0.4) is 0 Å². The van der Waals surface area contributed by atoms with Gasteiger partial charge in [0.2, 0.25) is 0 Å². The Labute approximate surface area is 101 Å². The van der Waals surface area contributed by atoms with Crippen molar-refractivity contribution in [1.29, 1.82) is 5.26 Å². The van der Waals surface area contributed by atoms with E-state index < -0.39 is 0 Å². The minimum absolute atomic E-state index is 0.583. The number of unbranched alkanes of at least 4 members (excludes halogenated alkanes) is 1. The molecule has 0 radical (unpaired) electrons. The first-order valence-electron chi connectivity index (χ1n) is 5.62. The van der Waals surface area contributed by atoms with Gasteiger partial charge in [-0.15, -0.1) is 0 Å². The summed E-state index contributed by atoms with van der Waals surface area (Å²) in [6.45, 7) is 2.82. The van der Waals surface area contributed by atoms with Crippen molar-refractivity contribution >= 4 is 0 Å². The summed E-state index contributed by atoms with van der Waals surface area (Å²) in [5, 5.41) is 8.51. The standard InChI is InChI=1S/C13H14N4/c1-11-16-13(12-5-4-7-15-9-12)10-17(11)8-3-2-6-14/h4-5,7,9-10H,2-3,8H2,1H3. The van der Waals surface area contributed by atoms with Crippen molar-refractivity contribution < 1.29 is 0 Å². The SMILES string of the molecule is Cc1nc(-c2cccnc2)cn1CCCC#N. The fourth-order valence-electron chi connectivity index (χ4n) is 1.72. The minimum atomic E-state index is 0.583. The molecule has 0 unspecified atom stereocenters. The zero-order valence-corrected chi connectivity index (χ0v) is 9.80. The predicted molar refractivity (Wildman–Crippen MR) is 65.0 cm³/mol. The largest absolute Gasteiger partial charge is 0.334 e. The Balaban J connectivity index is 2.17. The van der Waals surface area contributed by atoms with E-state index in [1.807, 2.05) is 25.3 Å². The molecule has 0 atom stereocenters. The van der Waals surface area contributed by atoms with E-state index in [-0.39, 0.29) is 0 Å². The van der Waals surface area contributed by atoms with Crippen molar-refractivity contribution in [2.75, 3.05) is 0 Å². The van der Waals surface area contributed by atoms with Crippen LogP contribution < -0.4 is 0 Å². The number of nitriles is 1. The van der Waals surface area contributed by atoms with Crippen LogP contribution in [0.15, 0.2) is 30.7 Å². The number of pyridine rings is 1. The molecule has 0 saturated heterocycles. The molecular weight excluding hydrogens is 212 g/mol. The maximum Gasteiger partial charge on any atom is 0.106 e. The summed E-state index contributed by atoms with van der Waals surface area (Å²) in [5.74, 6) is 0.974. The minimum Gasteiger partial charge on any atom is -0.334 e. The van der Waals surface area contributed by atoms with Gasteiger partial charge in [0.15, 0.2) is 0 Å². The number of nitrogens with zero attached hydrogens (tertiary/aromatic N) is 4. The first kappa shape index (κ1) is 11.3. The molecule has 0 fully saturated rings. The summed E-state index contributed by atoms with van der Waals surface area (Å²) in [4.78, 5) is 8.58. The molecule has 2 aromatic heterocycles. The highest BCUT2D eigenvalue weighted by Crippen LogP contribution is 2.17. The Hall–Kier alpha value is -2.15. The van der Waals surface area contributed by atoms with E-state index in [4.69, 9.17) is 5.26 Å². The fourth-order valence-corrected chi connectivity index (χ4v) is 1.72. The van der Waals surface area contributed by atoms with Crippen LogP contribution in [0.5, 0.6) is 0 Å². The van der Waals surface area contributed by atoms with E-state index in [2.05, 4.69) is 20.6 Å². The van der Waals surface area contributed by atoms with Gasteiger partial charge in [-0.2, -0.15) is 5.26 Å². The van der Waals surface area contributed by atoms with E-state index >= 15 is 0 Å². The first-order valence-corrected chi connectivity index (χ1v) is 5.62. The van der Waals surface area contributed by atoms with Crippen molar-refractivity contribution in [2.45, 2.75) is 26.3 Å². The molecule has 4 nitrogen and oxygen atoms in total. The van der Waals surface area contributed by atoms with Crippen molar-refractivity contribution in [3.8, 4) is 17.3 Å². The molecule has 0 saturated carbocycles. The highest BCUT2D eigenvalue weighted by atomic mass is 15.1. The maximum absolute atomic E-state index is 8.51. The molecular formula is C13H14N4. The van der Waals surface area contributed by atoms with Gasteiger partial charge in [-0.25, -0.2) is 4.98 Å². The van der Waals surface area contributed by atoms with Gasteiger partial charge >= 0.3 is 0 Å². The van der Waals surface area contributed by atoms with Crippen LogP contribution in [-0.2, 0) is 6.54 Å². The summed E-state index contributed by atoms with van der Waals surface area (Å²) in [7, 11) is 0. The number of hydrogen-bond donors (Lipinski definition) is 0. The van der Waals surface area contributed by atoms with E-state index in [1.165, 1.54) is 0 Å². The van der Waals surface area contributed by atoms with Crippen molar-refractivity contribution in [3.05, 3.63) is 36.5 Å². The van der Waals surface area contributed by atoms with Crippen LogP contribution in [0.4, 0.5) is 0 Å². The third-order valence-electron chi connectivity index (χ3n) is 2.62. The normalized spacial score (nSPS) is 10.1. The second kappa shape index (κ2) is 5.26. The van der Waals surface area contributed by atoms with Gasteiger partial charge in [0, 0.05) is 37.1 Å². The number of rotatable bonds is 4. The number of imidazole rings is 1. The zero-order chi connectivity index (χ0) is 12.1. The van der Waals surface area contributed by atoms with Gasteiger partial charge in [0.05, 0.1) is 11.8 Å². The molecule has 0 amide bonds. The molecule has 2 heterocycles. The van der Waals surface area contributed by atoms with Crippen molar-refractivity contribution in [1.82, 2.24) is 14.5 Å².